The van der Waals surface area contributed by atoms with E-state index in [2.05, 4.69) is 10.2 Å². The lowest BCUT2D eigenvalue weighted by Crippen LogP contribution is -2.22. The zero-order valence-electron chi connectivity index (χ0n) is 11.0. The van der Waals surface area contributed by atoms with Crippen LogP contribution in [0.1, 0.15) is 18.2 Å². The van der Waals surface area contributed by atoms with Crippen molar-refractivity contribution in [1.29, 1.82) is 0 Å². The Morgan fingerprint density at radius 1 is 1.33 bits per heavy atom. The van der Waals surface area contributed by atoms with E-state index >= 15 is 0 Å². The van der Waals surface area contributed by atoms with Gasteiger partial charge >= 0.3 is 0 Å². The Hall–Kier alpha value is -1.39. The van der Waals surface area contributed by atoms with Crippen molar-refractivity contribution in [1.82, 2.24) is 10.2 Å². The Bertz CT molecular complexity index is 521. The number of hydrogen-bond donors (Lipinski definition) is 1. The minimum Gasteiger partial charge on any atom is -0.459 e. The molecule has 0 saturated carbocycles. The molecule has 0 saturated heterocycles. The fourth-order valence-electron chi connectivity index (χ4n) is 2.02. The summed E-state index contributed by atoms with van der Waals surface area (Å²) in [5, 5.41) is 4.05. The Morgan fingerprint density at radius 3 is 2.78 bits per heavy atom. The van der Waals surface area contributed by atoms with E-state index in [0.29, 0.717) is 0 Å². The van der Waals surface area contributed by atoms with Crippen molar-refractivity contribution in [2.45, 2.75) is 12.5 Å². The minimum atomic E-state index is -0.232. The van der Waals surface area contributed by atoms with Gasteiger partial charge in [-0.2, -0.15) is 0 Å². The van der Waals surface area contributed by atoms with E-state index in [1.807, 2.05) is 27.2 Å². The lowest BCUT2D eigenvalue weighted by Gasteiger charge is -2.16. The molecule has 18 heavy (non-hydrogen) atoms. The number of nitrogens with one attached hydrogen (secondary N) is 1. The molecule has 0 spiro atoms. The molecule has 98 valence electrons. The largest absolute Gasteiger partial charge is 0.459 e. The highest BCUT2D eigenvalue weighted by Crippen LogP contribution is 2.26. The minimum absolute atomic E-state index is 0.155. The zero-order valence-corrected chi connectivity index (χ0v) is 11.0. The van der Waals surface area contributed by atoms with E-state index in [9.17, 15) is 4.39 Å². The lowest BCUT2D eigenvalue weighted by atomic mass is 10.1. The normalized spacial score (nSPS) is 13.4. The second kappa shape index (κ2) is 5.50. The van der Waals surface area contributed by atoms with Gasteiger partial charge in [0.15, 0.2) is 0 Å². The highest BCUT2D eigenvalue weighted by Gasteiger charge is 2.15. The molecule has 1 unspecified atom stereocenters. The van der Waals surface area contributed by atoms with Crippen LogP contribution in [0.4, 0.5) is 4.39 Å². The highest BCUT2D eigenvalue weighted by atomic mass is 19.1. The van der Waals surface area contributed by atoms with Crippen LogP contribution in [-0.4, -0.2) is 32.6 Å². The molecule has 1 atom stereocenters. The van der Waals surface area contributed by atoms with E-state index in [-0.39, 0.29) is 11.9 Å². The van der Waals surface area contributed by atoms with Gasteiger partial charge in [0.05, 0.1) is 6.04 Å². The van der Waals surface area contributed by atoms with Gasteiger partial charge in [-0.05, 0) is 58.4 Å². The first-order valence-electron chi connectivity index (χ1n) is 6.11. The van der Waals surface area contributed by atoms with Crippen LogP contribution < -0.4 is 5.32 Å². The number of furan rings is 1. The summed E-state index contributed by atoms with van der Waals surface area (Å²) in [5.41, 5.74) is 0.733. The molecule has 0 aliphatic heterocycles. The molecule has 1 aromatic carbocycles. The second-order valence-corrected chi connectivity index (χ2v) is 4.76. The summed E-state index contributed by atoms with van der Waals surface area (Å²) in [6, 6.07) is 6.66. The van der Waals surface area contributed by atoms with Gasteiger partial charge in [0.1, 0.15) is 17.2 Å². The van der Waals surface area contributed by atoms with Crippen LogP contribution in [0, 0.1) is 5.82 Å². The quantitative estimate of drug-likeness (QED) is 0.884. The Morgan fingerprint density at radius 2 is 2.11 bits per heavy atom. The SMILES string of the molecule is CNC(CCN(C)C)c1cc2cc(F)ccc2o1. The van der Waals surface area contributed by atoms with Gasteiger partial charge in [0, 0.05) is 5.39 Å². The number of hydrogen-bond acceptors (Lipinski definition) is 3. The third-order valence-corrected chi connectivity index (χ3v) is 3.05. The first kappa shape index (κ1) is 13.1. The van der Waals surface area contributed by atoms with Gasteiger partial charge < -0.3 is 14.6 Å². The number of nitrogens with zero attached hydrogens (tertiary/aromatic N) is 1. The van der Waals surface area contributed by atoms with Crippen molar-refractivity contribution in [2.24, 2.45) is 0 Å². The van der Waals surface area contributed by atoms with Gasteiger partial charge in [0.25, 0.3) is 0 Å². The van der Waals surface area contributed by atoms with E-state index in [1.165, 1.54) is 12.1 Å². The van der Waals surface area contributed by atoms with E-state index < -0.39 is 0 Å². The summed E-state index contributed by atoms with van der Waals surface area (Å²) < 4.78 is 18.9. The number of rotatable bonds is 5. The summed E-state index contributed by atoms with van der Waals surface area (Å²) in [7, 11) is 6.00. The monoisotopic (exact) mass is 250 g/mol. The van der Waals surface area contributed by atoms with Crippen molar-refractivity contribution >= 4 is 11.0 Å². The average molecular weight is 250 g/mol. The molecule has 0 radical (unpaired) electrons. The number of fused-ring (bicyclic) bond motifs is 1. The van der Waals surface area contributed by atoms with Crippen molar-refractivity contribution in [2.75, 3.05) is 27.7 Å². The Labute approximate surface area is 107 Å². The summed E-state index contributed by atoms with van der Waals surface area (Å²) in [6.07, 6.45) is 0.950. The van der Waals surface area contributed by atoms with Crippen LogP contribution in [0.5, 0.6) is 0 Å². The van der Waals surface area contributed by atoms with E-state index in [4.69, 9.17) is 4.42 Å². The molecule has 0 fully saturated rings. The van der Waals surface area contributed by atoms with Gasteiger partial charge in [0.2, 0.25) is 0 Å². The maximum absolute atomic E-state index is 13.1. The summed E-state index contributed by atoms with van der Waals surface area (Å²) in [6.45, 7) is 0.969. The van der Waals surface area contributed by atoms with Crippen LogP contribution in [-0.2, 0) is 0 Å². The molecule has 0 aliphatic rings. The first-order chi connectivity index (χ1) is 8.60. The van der Waals surface area contributed by atoms with Gasteiger partial charge in [-0.15, -0.1) is 0 Å². The van der Waals surface area contributed by atoms with Crippen LogP contribution in [0.15, 0.2) is 28.7 Å². The van der Waals surface area contributed by atoms with Gasteiger partial charge in [-0.1, -0.05) is 0 Å². The molecule has 1 heterocycles. The highest BCUT2D eigenvalue weighted by molar-refractivity contribution is 5.78. The van der Waals surface area contributed by atoms with Crippen LogP contribution in [0.25, 0.3) is 11.0 Å². The molecule has 1 N–H and O–H groups in total. The molecule has 1 aromatic heterocycles. The van der Waals surface area contributed by atoms with Gasteiger partial charge in [-0.3, -0.25) is 0 Å². The molecule has 2 rings (SSSR count). The number of halogens is 1. The summed E-state index contributed by atoms with van der Waals surface area (Å²) >= 11 is 0. The fourth-order valence-corrected chi connectivity index (χ4v) is 2.02. The van der Waals surface area contributed by atoms with Crippen molar-refractivity contribution in [3.8, 4) is 0 Å². The zero-order chi connectivity index (χ0) is 13.1. The predicted octanol–water partition coefficient (Wildman–Crippen LogP) is 2.78. The topological polar surface area (TPSA) is 28.4 Å². The maximum Gasteiger partial charge on any atom is 0.134 e. The molecule has 4 heteroatoms. The molecule has 0 amide bonds. The first-order valence-corrected chi connectivity index (χ1v) is 6.11. The van der Waals surface area contributed by atoms with Crippen molar-refractivity contribution in [3.63, 3.8) is 0 Å². The van der Waals surface area contributed by atoms with Crippen molar-refractivity contribution in [3.05, 3.63) is 35.8 Å². The van der Waals surface area contributed by atoms with Gasteiger partial charge in [-0.25, -0.2) is 4.39 Å². The lowest BCUT2D eigenvalue weighted by molar-refractivity contribution is 0.346. The molecule has 0 aliphatic carbocycles. The molecule has 2 aromatic rings. The molecular formula is C14H19FN2O. The number of benzene rings is 1. The standard InChI is InChI=1S/C14H19FN2O/c1-16-12(6-7-17(2)3)14-9-10-8-11(15)4-5-13(10)18-14/h4-5,8-9,12,16H,6-7H2,1-3H3. The second-order valence-electron chi connectivity index (χ2n) is 4.76. The smallest absolute Gasteiger partial charge is 0.134 e. The van der Waals surface area contributed by atoms with E-state index in [0.717, 1.165) is 29.7 Å². The fraction of sp³-hybridized carbons (Fsp3) is 0.429. The molecule has 3 nitrogen and oxygen atoms in total. The predicted molar refractivity (Wildman–Crippen MR) is 71.1 cm³/mol. The average Bonchev–Trinajstić information content (AvgIpc) is 2.72. The Kier molecular flexibility index (Phi) is 3.99. The summed E-state index contributed by atoms with van der Waals surface area (Å²) in [5.74, 6) is 0.629. The van der Waals surface area contributed by atoms with Crippen molar-refractivity contribution < 1.29 is 8.81 Å². The van der Waals surface area contributed by atoms with Crippen LogP contribution in [0.2, 0.25) is 0 Å². The molecular weight excluding hydrogens is 231 g/mol. The maximum atomic E-state index is 13.1. The molecule has 0 bridgehead atoms. The summed E-state index contributed by atoms with van der Waals surface area (Å²) in [4.78, 5) is 2.13. The third-order valence-electron chi connectivity index (χ3n) is 3.05. The van der Waals surface area contributed by atoms with E-state index in [1.54, 1.807) is 6.07 Å². The van der Waals surface area contributed by atoms with Crippen LogP contribution >= 0.6 is 0 Å². The Balaban J connectivity index is 2.22. The third kappa shape index (κ3) is 2.89. The van der Waals surface area contributed by atoms with Crippen LogP contribution in [0.3, 0.4) is 0 Å².